The number of hydrogen-bond acceptors (Lipinski definition) is 2. The Kier molecular flexibility index (Phi) is 4.56. The third-order valence-electron chi connectivity index (χ3n) is 2.25. The van der Waals surface area contributed by atoms with Gasteiger partial charge in [0.25, 0.3) is 0 Å². The van der Waals surface area contributed by atoms with E-state index < -0.39 is 7.52 Å². The SMILES string of the molecule is C[P@@](=O)(Nc1cccc(Br)c1)Oc1ccc(Cl)cc1. The van der Waals surface area contributed by atoms with Gasteiger partial charge in [-0.15, -0.1) is 0 Å². The molecule has 0 saturated carbocycles. The minimum atomic E-state index is -2.99. The van der Waals surface area contributed by atoms with Crippen LogP contribution in [0.3, 0.4) is 0 Å². The summed E-state index contributed by atoms with van der Waals surface area (Å²) in [5, 5.41) is 3.50. The van der Waals surface area contributed by atoms with Crippen LogP contribution in [0.1, 0.15) is 0 Å². The highest BCUT2D eigenvalue weighted by Crippen LogP contribution is 2.43. The van der Waals surface area contributed by atoms with E-state index in [4.69, 9.17) is 16.1 Å². The van der Waals surface area contributed by atoms with E-state index in [1.807, 2.05) is 24.3 Å². The molecule has 0 saturated heterocycles. The van der Waals surface area contributed by atoms with Gasteiger partial charge in [0.15, 0.2) is 0 Å². The molecule has 0 aliphatic heterocycles. The standard InChI is InChI=1S/C13H12BrClNO2P/c1-19(17,16-12-4-2-3-10(14)9-12)18-13-7-5-11(15)6-8-13/h2-9H,1H3,(H,16,17)/t19-/m0/s1. The molecule has 0 aromatic heterocycles. The van der Waals surface area contributed by atoms with Crippen LogP contribution in [0.2, 0.25) is 5.02 Å². The number of anilines is 1. The first-order chi connectivity index (χ1) is 8.94. The van der Waals surface area contributed by atoms with Gasteiger partial charge in [-0.2, -0.15) is 0 Å². The zero-order valence-corrected chi connectivity index (χ0v) is 13.4. The van der Waals surface area contributed by atoms with Crippen LogP contribution in [0.4, 0.5) is 5.69 Å². The van der Waals surface area contributed by atoms with Gasteiger partial charge in [0.1, 0.15) is 5.75 Å². The fourth-order valence-corrected chi connectivity index (χ4v) is 3.21. The van der Waals surface area contributed by atoms with Gasteiger partial charge in [-0.3, -0.25) is 4.57 Å². The van der Waals surface area contributed by atoms with E-state index in [0.29, 0.717) is 10.8 Å². The molecule has 0 unspecified atom stereocenters. The second kappa shape index (κ2) is 6.00. The summed E-state index contributed by atoms with van der Waals surface area (Å²) in [6.07, 6.45) is 0. The molecule has 2 aromatic rings. The molecule has 0 amide bonds. The zero-order chi connectivity index (χ0) is 13.9. The van der Waals surface area contributed by atoms with Crippen molar-refractivity contribution < 1.29 is 9.09 Å². The predicted octanol–water partition coefficient (Wildman–Crippen LogP) is 5.42. The Morgan fingerprint density at radius 1 is 1.21 bits per heavy atom. The number of benzene rings is 2. The Labute approximate surface area is 125 Å². The Morgan fingerprint density at radius 3 is 2.53 bits per heavy atom. The minimum Gasteiger partial charge on any atom is -0.429 e. The topological polar surface area (TPSA) is 38.3 Å². The Bertz CT molecular complexity index is 618. The van der Waals surface area contributed by atoms with E-state index >= 15 is 0 Å². The van der Waals surface area contributed by atoms with Crippen molar-refractivity contribution in [1.82, 2.24) is 0 Å². The van der Waals surface area contributed by atoms with Crippen LogP contribution in [0, 0.1) is 0 Å². The summed E-state index contributed by atoms with van der Waals surface area (Å²) in [5.41, 5.74) is 0.731. The smallest absolute Gasteiger partial charge is 0.338 e. The molecule has 0 bridgehead atoms. The van der Waals surface area contributed by atoms with Gasteiger partial charge in [0, 0.05) is 21.8 Å². The second-order valence-corrected chi connectivity index (χ2v) is 7.46. The van der Waals surface area contributed by atoms with Crippen molar-refractivity contribution in [1.29, 1.82) is 0 Å². The highest BCUT2D eigenvalue weighted by molar-refractivity contribution is 9.10. The van der Waals surface area contributed by atoms with Crippen LogP contribution in [0.5, 0.6) is 5.75 Å². The molecule has 1 atom stereocenters. The second-order valence-electron chi connectivity index (χ2n) is 4.01. The van der Waals surface area contributed by atoms with Gasteiger partial charge in [-0.05, 0) is 42.5 Å². The third-order valence-corrected chi connectivity index (χ3v) is 4.22. The average Bonchev–Trinajstić information content (AvgIpc) is 2.31. The molecule has 0 aliphatic carbocycles. The van der Waals surface area contributed by atoms with Gasteiger partial charge in [-0.1, -0.05) is 33.6 Å². The summed E-state index contributed by atoms with van der Waals surface area (Å²) in [7, 11) is -2.99. The van der Waals surface area contributed by atoms with Gasteiger partial charge in [-0.25, -0.2) is 0 Å². The van der Waals surface area contributed by atoms with Gasteiger partial charge in [0.2, 0.25) is 0 Å². The van der Waals surface area contributed by atoms with Crippen molar-refractivity contribution in [2.45, 2.75) is 0 Å². The van der Waals surface area contributed by atoms with E-state index in [1.54, 1.807) is 24.3 Å². The van der Waals surface area contributed by atoms with Crippen molar-refractivity contribution in [2.24, 2.45) is 0 Å². The normalized spacial score (nSPS) is 13.6. The summed E-state index contributed by atoms with van der Waals surface area (Å²) in [4.78, 5) is 0. The number of nitrogens with one attached hydrogen (secondary N) is 1. The minimum absolute atomic E-state index is 0.512. The maximum atomic E-state index is 12.4. The van der Waals surface area contributed by atoms with E-state index in [1.165, 1.54) is 6.66 Å². The lowest BCUT2D eigenvalue weighted by molar-refractivity contribution is 0.493. The van der Waals surface area contributed by atoms with E-state index in [0.717, 1.165) is 10.2 Å². The highest BCUT2D eigenvalue weighted by Gasteiger charge is 2.17. The fourth-order valence-electron chi connectivity index (χ4n) is 1.51. The third kappa shape index (κ3) is 4.57. The molecule has 0 fully saturated rings. The maximum absolute atomic E-state index is 12.4. The molecule has 0 heterocycles. The molecule has 2 aromatic carbocycles. The van der Waals surface area contributed by atoms with Crippen LogP contribution < -0.4 is 9.61 Å². The lowest BCUT2D eigenvalue weighted by atomic mass is 10.3. The number of rotatable bonds is 4. The quantitative estimate of drug-likeness (QED) is 0.740. The summed E-state index contributed by atoms with van der Waals surface area (Å²) >= 11 is 9.14. The number of halogens is 2. The summed E-state index contributed by atoms with van der Waals surface area (Å²) in [5.74, 6) is 0.512. The summed E-state index contributed by atoms with van der Waals surface area (Å²) < 4.78 is 18.7. The monoisotopic (exact) mass is 359 g/mol. The van der Waals surface area contributed by atoms with E-state index in [2.05, 4.69) is 21.0 Å². The van der Waals surface area contributed by atoms with Crippen molar-refractivity contribution in [3.05, 3.63) is 58.0 Å². The summed E-state index contributed by atoms with van der Waals surface area (Å²) in [6.45, 7) is 1.53. The molecule has 100 valence electrons. The lowest BCUT2D eigenvalue weighted by Gasteiger charge is -2.17. The Morgan fingerprint density at radius 2 is 1.89 bits per heavy atom. The van der Waals surface area contributed by atoms with Crippen molar-refractivity contribution in [3.8, 4) is 5.75 Å². The maximum Gasteiger partial charge on any atom is 0.338 e. The summed E-state index contributed by atoms with van der Waals surface area (Å²) in [6, 6.07) is 14.2. The molecule has 0 radical (unpaired) electrons. The van der Waals surface area contributed by atoms with Gasteiger partial charge in [0.05, 0.1) is 0 Å². The predicted molar refractivity (Wildman–Crippen MR) is 83.4 cm³/mol. The first-order valence-electron chi connectivity index (χ1n) is 5.51. The molecular weight excluding hydrogens is 348 g/mol. The van der Waals surface area contributed by atoms with Gasteiger partial charge >= 0.3 is 7.52 Å². The first-order valence-corrected chi connectivity index (χ1v) is 8.75. The first kappa shape index (κ1) is 14.4. The molecule has 6 heteroatoms. The molecule has 3 nitrogen and oxygen atoms in total. The Hall–Kier alpha value is -0.960. The van der Waals surface area contributed by atoms with E-state index in [9.17, 15) is 4.57 Å². The fraction of sp³-hybridized carbons (Fsp3) is 0.0769. The number of hydrogen-bond donors (Lipinski definition) is 1. The van der Waals surface area contributed by atoms with Crippen LogP contribution >= 0.6 is 35.1 Å². The molecule has 19 heavy (non-hydrogen) atoms. The lowest BCUT2D eigenvalue weighted by Crippen LogP contribution is -2.02. The van der Waals surface area contributed by atoms with Crippen molar-refractivity contribution >= 4 is 40.7 Å². The van der Waals surface area contributed by atoms with Crippen LogP contribution in [-0.4, -0.2) is 6.66 Å². The Balaban J connectivity index is 2.10. The molecule has 0 aliphatic rings. The van der Waals surface area contributed by atoms with Crippen molar-refractivity contribution in [2.75, 3.05) is 11.8 Å². The molecule has 0 spiro atoms. The van der Waals surface area contributed by atoms with E-state index in [-0.39, 0.29) is 0 Å². The molecular formula is C13H12BrClNO2P. The average molecular weight is 361 g/mol. The molecule has 1 N–H and O–H groups in total. The van der Waals surface area contributed by atoms with Crippen LogP contribution in [-0.2, 0) is 4.57 Å². The van der Waals surface area contributed by atoms with Gasteiger partial charge < -0.3 is 9.61 Å². The largest absolute Gasteiger partial charge is 0.429 e. The highest BCUT2D eigenvalue weighted by atomic mass is 79.9. The zero-order valence-electron chi connectivity index (χ0n) is 10.1. The molecule has 2 rings (SSSR count). The van der Waals surface area contributed by atoms with Crippen LogP contribution in [0.15, 0.2) is 53.0 Å². The van der Waals surface area contributed by atoms with Crippen molar-refractivity contribution in [3.63, 3.8) is 0 Å². The van der Waals surface area contributed by atoms with Crippen LogP contribution in [0.25, 0.3) is 0 Å².